The van der Waals surface area contributed by atoms with Gasteiger partial charge in [-0.05, 0) is 25.5 Å². The Labute approximate surface area is 116 Å². The van der Waals surface area contributed by atoms with Gasteiger partial charge in [-0.2, -0.15) is 0 Å². The van der Waals surface area contributed by atoms with Crippen LogP contribution in [0.15, 0.2) is 12.1 Å². The van der Waals surface area contributed by atoms with Gasteiger partial charge in [-0.15, -0.1) is 0 Å². The first-order valence-electron chi connectivity index (χ1n) is 5.98. The molecule has 112 valence electrons. The lowest BCUT2D eigenvalue weighted by molar-refractivity contribution is 0.0515. The minimum atomic E-state index is -3.74. The summed E-state index contributed by atoms with van der Waals surface area (Å²) in [4.78, 5) is 11.5. The predicted molar refractivity (Wildman–Crippen MR) is 70.0 cm³/mol. The van der Waals surface area contributed by atoms with Crippen molar-refractivity contribution in [3.05, 3.63) is 29.3 Å². The molecule has 0 atom stereocenters. The van der Waals surface area contributed by atoms with Crippen molar-refractivity contribution < 1.29 is 26.7 Å². The first kappa shape index (κ1) is 16.4. The number of benzene rings is 1. The molecule has 1 N–H and O–H groups in total. The van der Waals surface area contributed by atoms with Crippen molar-refractivity contribution in [2.75, 3.05) is 17.1 Å². The Kier molecular flexibility index (Phi) is 5.43. The van der Waals surface area contributed by atoms with E-state index < -0.39 is 38.9 Å². The summed E-state index contributed by atoms with van der Waals surface area (Å²) in [5.74, 6) is -3.79. The number of anilines is 1. The van der Waals surface area contributed by atoms with Crippen LogP contribution in [0.2, 0.25) is 0 Å². The minimum absolute atomic E-state index is 0.0521. The SMILES string of the molecule is CCCS(=O)(=O)Nc1ccc(F)c(C(=O)OCC)c1F. The predicted octanol–water partition coefficient (Wildman–Crippen LogP) is 2.29. The van der Waals surface area contributed by atoms with Gasteiger partial charge in [0.15, 0.2) is 5.82 Å². The highest BCUT2D eigenvalue weighted by Crippen LogP contribution is 2.23. The summed E-state index contributed by atoms with van der Waals surface area (Å²) < 4.78 is 57.1. The lowest BCUT2D eigenvalue weighted by Crippen LogP contribution is -2.19. The van der Waals surface area contributed by atoms with Crippen LogP contribution in [0.3, 0.4) is 0 Å². The zero-order chi connectivity index (χ0) is 15.3. The molecule has 1 rings (SSSR count). The van der Waals surface area contributed by atoms with Crippen LogP contribution >= 0.6 is 0 Å². The van der Waals surface area contributed by atoms with Gasteiger partial charge in [-0.3, -0.25) is 4.72 Å². The maximum Gasteiger partial charge on any atom is 0.344 e. The van der Waals surface area contributed by atoms with Gasteiger partial charge in [-0.25, -0.2) is 22.0 Å². The molecular weight excluding hydrogens is 292 g/mol. The lowest BCUT2D eigenvalue weighted by Gasteiger charge is -2.11. The topological polar surface area (TPSA) is 72.5 Å². The Morgan fingerprint density at radius 3 is 2.50 bits per heavy atom. The number of rotatable bonds is 6. The van der Waals surface area contributed by atoms with Gasteiger partial charge in [0.05, 0.1) is 18.0 Å². The van der Waals surface area contributed by atoms with Crippen LogP contribution in [-0.4, -0.2) is 26.7 Å². The molecule has 20 heavy (non-hydrogen) atoms. The molecule has 0 aliphatic rings. The number of ether oxygens (including phenoxy) is 1. The quantitative estimate of drug-likeness (QED) is 0.818. The largest absolute Gasteiger partial charge is 0.462 e. The van der Waals surface area contributed by atoms with E-state index in [9.17, 15) is 22.0 Å². The van der Waals surface area contributed by atoms with Gasteiger partial charge in [0.2, 0.25) is 10.0 Å². The van der Waals surface area contributed by atoms with E-state index in [1.165, 1.54) is 6.92 Å². The Hall–Kier alpha value is -1.70. The van der Waals surface area contributed by atoms with Crippen LogP contribution < -0.4 is 4.72 Å². The summed E-state index contributed by atoms with van der Waals surface area (Å²) in [5, 5.41) is 0. The third kappa shape index (κ3) is 3.89. The standard InChI is InChI=1S/C12H15F2NO4S/c1-3-7-20(17,18)15-9-6-5-8(13)10(11(9)14)12(16)19-4-2/h5-6,15H,3-4,7H2,1-2H3. The maximum absolute atomic E-state index is 14.0. The second-order valence-corrected chi connectivity index (χ2v) is 5.77. The maximum atomic E-state index is 14.0. The second-order valence-electron chi connectivity index (χ2n) is 3.93. The zero-order valence-electron chi connectivity index (χ0n) is 11.1. The first-order valence-corrected chi connectivity index (χ1v) is 7.63. The summed E-state index contributed by atoms with van der Waals surface area (Å²) in [7, 11) is -3.74. The molecule has 1 aromatic rings. The van der Waals surface area contributed by atoms with E-state index in [2.05, 4.69) is 4.74 Å². The highest BCUT2D eigenvalue weighted by molar-refractivity contribution is 7.92. The smallest absolute Gasteiger partial charge is 0.344 e. The van der Waals surface area contributed by atoms with E-state index in [0.717, 1.165) is 12.1 Å². The molecule has 0 aliphatic carbocycles. The summed E-state index contributed by atoms with van der Waals surface area (Å²) in [6, 6.07) is 1.72. The van der Waals surface area contributed by atoms with E-state index in [1.54, 1.807) is 6.92 Å². The summed E-state index contributed by atoms with van der Waals surface area (Å²) in [6.07, 6.45) is 0.336. The molecule has 0 radical (unpaired) electrons. The summed E-state index contributed by atoms with van der Waals surface area (Å²) in [6.45, 7) is 3.08. The van der Waals surface area contributed by atoms with Crippen LogP contribution in [-0.2, 0) is 14.8 Å². The molecule has 0 saturated carbocycles. The summed E-state index contributed by atoms with van der Waals surface area (Å²) in [5.41, 5.74) is -1.40. The average Bonchev–Trinajstić information content (AvgIpc) is 2.33. The van der Waals surface area contributed by atoms with Gasteiger partial charge >= 0.3 is 5.97 Å². The normalized spacial score (nSPS) is 11.2. The third-order valence-electron chi connectivity index (χ3n) is 2.31. The molecule has 0 unspecified atom stereocenters. The van der Waals surface area contributed by atoms with E-state index >= 15 is 0 Å². The van der Waals surface area contributed by atoms with Gasteiger partial charge in [0.1, 0.15) is 11.4 Å². The number of carbonyl (C=O) groups excluding carboxylic acids is 1. The van der Waals surface area contributed by atoms with E-state index in [0.29, 0.717) is 6.42 Å². The number of carbonyl (C=O) groups is 1. The Balaban J connectivity index is 3.19. The first-order chi connectivity index (χ1) is 9.32. The van der Waals surface area contributed by atoms with Crippen molar-refractivity contribution in [1.82, 2.24) is 0 Å². The van der Waals surface area contributed by atoms with Crippen LogP contribution in [0, 0.1) is 11.6 Å². The van der Waals surface area contributed by atoms with E-state index in [1.807, 2.05) is 4.72 Å². The van der Waals surface area contributed by atoms with Gasteiger partial charge in [0.25, 0.3) is 0 Å². The molecule has 0 aliphatic heterocycles. The lowest BCUT2D eigenvalue weighted by atomic mass is 10.1. The molecule has 1 aromatic carbocycles. The fourth-order valence-corrected chi connectivity index (χ4v) is 2.64. The Bertz CT molecular complexity index is 602. The monoisotopic (exact) mass is 307 g/mol. The minimum Gasteiger partial charge on any atom is -0.462 e. The van der Waals surface area contributed by atoms with Crippen molar-refractivity contribution in [1.29, 1.82) is 0 Å². The molecule has 0 fully saturated rings. The Morgan fingerprint density at radius 1 is 1.30 bits per heavy atom. The molecule has 0 spiro atoms. The molecule has 8 heteroatoms. The van der Waals surface area contributed by atoms with Crippen molar-refractivity contribution in [2.24, 2.45) is 0 Å². The van der Waals surface area contributed by atoms with Crippen molar-refractivity contribution in [2.45, 2.75) is 20.3 Å². The Morgan fingerprint density at radius 2 is 1.95 bits per heavy atom. The molecule has 0 bridgehead atoms. The van der Waals surface area contributed by atoms with Gasteiger partial charge < -0.3 is 4.74 Å². The van der Waals surface area contributed by atoms with Crippen molar-refractivity contribution in [3.63, 3.8) is 0 Å². The summed E-state index contributed by atoms with van der Waals surface area (Å²) >= 11 is 0. The number of esters is 1. The highest BCUT2D eigenvalue weighted by atomic mass is 32.2. The van der Waals surface area contributed by atoms with Gasteiger partial charge in [-0.1, -0.05) is 6.92 Å². The number of hydrogen-bond acceptors (Lipinski definition) is 4. The highest BCUT2D eigenvalue weighted by Gasteiger charge is 2.23. The van der Waals surface area contributed by atoms with Crippen molar-refractivity contribution in [3.8, 4) is 0 Å². The molecule has 0 saturated heterocycles. The average molecular weight is 307 g/mol. The van der Waals surface area contributed by atoms with E-state index in [-0.39, 0.29) is 12.4 Å². The second kappa shape index (κ2) is 6.65. The number of sulfonamides is 1. The van der Waals surface area contributed by atoms with Crippen LogP contribution in [0.25, 0.3) is 0 Å². The molecular formula is C12H15F2NO4S. The fourth-order valence-electron chi connectivity index (χ4n) is 1.51. The number of halogens is 2. The van der Waals surface area contributed by atoms with Crippen molar-refractivity contribution >= 4 is 21.7 Å². The fraction of sp³-hybridized carbons (Fsp3) is 0.417. The van der Waals surface area contributed by atoms with E-state index in [4.69, 9.17) is 0 Å². The molecule has 0 amide bonds. The van der Waals surface area contributed by atoms with Crippen LogP contribution in [0.5, 0.6) is 0 Å². The van der Waals surface area contributed by atoms with Gasteiger partial charge in [0, 0.05) is 0 Å². The molecule has 0 aromatic heterocycles. The number of nitrogens with one attached hydrogen (secondary N) is 1. The van der Waals surface area contributed by atoms with Crippen LogP contribution in [0.4, 0.5) is 14.5 Å². The third-order valence-corrected chi connectivity index (χ3v) is 3.79. The molecule has 0 heterocycles. The number of hydrogen-bond donors (Lipinski definition) is 1. The van der Waals surface area contributed by atoms with Crippen LogP contribution in [0.1, 0.15) is 30.6 Å². The zero-order valence-corrected chi connectivity index (χ0v) is 11.9. The molecule has 5 nitrogen and oxygen atoms in total.